The third kappa shape index (κ3) is 4.62. The van der Waals surface area contributed by atoms with E-state index in [1.54, 1.807) is 32.7 Å². The molecule has 1 aliphatic heterocycles. The van der Waals surface area contributed by atoms with E-state index in [1.807, 2.05) is 32.0 Å². The fourth-order valence-electron chi connectivity index (χ4n) is 3.86. The van der Waals surface area contributed by atoms with Crippen LogP contribution >= 0.6 is 11.6 Å². The number of aromatic nitrogens is 2. The van der Waals surface area contributed by atoms with E-state index in [1.165, 1.54) is 0 Å². The quantitative estimate of drug-likeness (QED) is 0.446. The molecule has 4 rings (SSSR count). The number of fused-ring (bicyclic) bond motifs is 1. The maximum absolute atomic E-state index is 13.0. The molecule has 1 aliphatic rings. The van der Waals surface area contributed by atoms with Crippen molar-refractivity contribution in [3.05, 3.63) is 52.9 Å². The Bertz CT molecular complexity index is 1160. The lowest BCUT2D eigenvalue weighted by Crippen LogP contribution is -2.39. The summed E-state index contributed by atoms with van der Waals surface area (Å²) in [5.74, 6) is 0.915. The van der Waals surface area contributed by atoms with Crippen molar-refractivity contribution in [3.8, 4) is 22.8 Å². The molecule has 0 aliphatic carbocycles. The van der Waals surface area contributed by atoms with E-state index in [2.05, 4.69) is 20.6 Å². The first kappa shape index (κ1) is 22.9. The van der Waals surface area contributed by atoms with E-state index >= 15 is 0 Å². The average Bonchev–Trinajstić information content (AvgIpc) is 3.15. The molecular weight excluding hydrogens is 444 g/mol. The van der Waals surface area contributed by atoms with Gasteiger partial charge in [0.05, 0.1) is 47.1 Å². The molecule has 33 heavy (non-hydrogen) atoms. The number of anilines is 2. The number of H-pyrrole nitrogens is 1. The van der Waals surface area contributed by atoms with Gasteiger partial charge < -0.3 is 29.8 Å². The minimum absolute atomic E-state index is 0.0146. The Morgan fingerprint density at radius 2 is 2.12 bits per heavy atom. The van der Waals surface area contributed by atoms with Crippen molar-refractivity contribution in [2.45, 2.75) is 32.4 Å². The van der Waals surface area contributed by atoms with Crippen molar-refractivity contribution < 1.29 is 19.0 Å². The maximum Gasteiger partial charge on any atom is 0.255 e. The number of halogens is 1. The van der Waals surface area contributed by atoms with Crippen LogP contribution in [0.15, 0.2) is 36.7 Å². The van der Waals surface area contributed by atoms with Crippen LogP contribution in [0, 0.1) is 0 Å². The van der Waals surface area contributed by atoms with Crippen molar-refractivity contribution in [1.29, 1.82) is 0 Å². The SMILES string of the molecule is COc1c(Cl)cccc1Nc1c(-c2ccncc2OC[C@@H](C)OC)[nH]c2c1C(=O)N[C@H](C)C2. The second-order valence-corrected chi connectivity index (χ2v) is 8.39. The van der Waals surface area contributed by atoms with Gasteiger partial charge in [-0.15, -0.1) is 0 Å². The lowest BCUT2D eigenvalue weighted by Gasteiger charge is -2.21. The summed E-state index contributed by atoms with van der Waals surface area (Å²) >= 11 is 6.34. The van der Waals surface area contributed by atoms with E-state index < -0.39 is 0 Å². The van der Waals surface area contributed by atoms with Gasteiger partial charge in [0.15, 0.2) is 5.75 Å². The van der Waals surface area contributed by atoms with E-state index in [0.29, 0.717) is 52.2 Å². The topological polar surface area (TPSA) is 97.5 Å². The number of pyridine rings is 1. The van der Waals surface area contributed by atoms with E-state index in [-0.39, 0.29) is 18.1 Å². The molecule has 1 aromatic carbocycles. The highest BCUT2D eigenvalue weighted by Crippen LogP contribution is 2.43. The number of methoxy groups -OCH3 is 2. The lowest BCUT2D eigenvalue weighted by molar-refractivity contribution is 0.0717. The molecule has 2 aromatic heterocycles. The van der Waals surface area contributed by atoms with Crippen LogP contribution in [-0.4, -0.2) is 48.8 Å². The second-order valence-electron chi connectivity index (χ2n) is 7.98. The molecule has 3 aromatic rings. The molecule has 0 saturated carbocycles. The minimum atomic E-state index is -0.153. The van der Waals surface area contributed by atoms with Gasteiger partial charge in [0.2, 0.25) is 0 Å². The highest BCUT2D eigenvalue weighted by Gasteiger charge is 2.31. The number of ether oxygens (including phenoxy) is 3. The van der Waals surface area contributed by atoms with Gasteiger partial charge in [-0.1, -0.05) is 17.7 Å². The van der Waals surface area contributed by atoms with Crippen LogP contribution in [0.1, 0.15) is 29.9 Å². The molecular formula is C24H27ClN4O4. The van der Waals surface area contributed by atoms with Crippen molar-refractivity contribution in [1.82, 2.24) is 15.3 Å². The summed E-state index contributed by atoms with van der Waals surface area (Å²) in [4.78, 5) is 20.7. The molecule has 0 fully saturated rings. The van der Waals surface area contributed by atoms with Crippen LogP contribution < -0.4 is 20.1 Å². The first-order valence-electron chi connectivity index (χ1n) is 10.7. The Labute approximate surface area is 197 Å². The number of benzene rings is 1. The predicted octanol–water partition coefficient (Wildman–Crippen LogP) is 4.57. The Kier molecular flexibility index (Phi) is 6.76. The molecule has 3 N–H and O–H groups in total. The van der Waals surface area contributed by atoms with Gasteiger partial charge in [-0.2, -0.15) is 0 Å². The van der Waals surface area contributed by atoms with Gasteiger partial charge in [0.1, 0.15) is 12.4 Å². The third-order valence-electron chi connectivity index (χ3n) is 5.55. The molecule has 0 radical (unpaired) electrons. The molecule has 0 saturated heterocycles. The summed E-state index contributed by atoms with van der Waals surface area (Å²) in [5.41, 5.74) is 4.14. The molecule has 174 valence electrons. The number of hydrogen-bond donors (Lipinski definition) is 3. The normalized spacial score (nSPS) is 16.0. The van der Waals surface area contributed by atoms with E-state index in [4.69, 9.17) is 25.8 Å². The number of amides is 1. The molecule has 8 nitrogen and oxygen atoms in total. The summed E-state index contributed by atoms with van der Waals surface area (Å²) in [6, 6.07) is 7.29. The number of para-hydroxylation sites is 1. The van der Waals surface area contributed by atoms with Crippen LogP contribution in [0.4, 0.5) is 11.4 Å². The van der Waals surface area contributed by atoms with Crippen LogP contribution in [0.25, 0.3) is 11.3 Å². The fourth-order valence-corrected chi connectivity index (χ4v) is 4.11. The van der Waals surface area contributed by atoms with Crippen LogP contribution in [-0.2, 0) is 11.2 Å². The molecule has 3 heterocycles. The number of rotatable bonds is 8. The number of hydrogen-bond acceptors (Lipinski definition) is 6. The number of nitrogens with one attached hydrogen (secondary N) is 3. The standard InChI is InChI=1S/C24H27ClN4O4/c1-13-10-18-20(24(30)27-13)22(28-17-7-5-6-16(25)23(17)32-4)21(29-18)15-8-9-26-11-19(15)33-12-14(2)31-3/h5-9,11,13-14,28-29H,10,12H2,1-4H3,(H,27,30)/t13-,14-/m1/s1. The molecule has 9 heteroatoms. The Morgan fingerprint density at radius 3 is 2.88 bits per heavy atom. The number of carbonyl (C=O) groups is 1. The molecule has 0 spiro atoms. The van der Waals surface area contributed by atoms with Gasteiger partial charge in [-0.05, 0) is 32.0 Å². The summed E-state index contributed by atoms with van der Waals surface area (Å²) in [7, 11) is 3.19. The summed E-state index contributed by atoms with van der Waals surface area (Å²) in [6.07, 6.45) is 3.93. The van der Waals surface area contributed by atoms with Crippen LogP contribution in [0.3, 0.4) is 0 Å². The Morgan fingerprint density at radius 1 is 1.30 bits per heavy atom. The lowest BCUT2D eigenvalue weighted by atomic mass is 10.0. The van der Waals surface area contributed by atoms with Gasteiger partial charge in [-0.3, -0.25) is 9.78 Å². The number of nitrogens with zero attached hydrogens (tertiary/aromatic N) is 1. The zero-order valence-corrected chi connectivity index (χ0v) is 19.7. The monoisotopic (exact) mass is 470 g/mol. The maximum atomic E-state index is 13.0. The summed E-state index contributed by atoms with van der Waals surface area (Å²) in [5, 5.41) is 6.86. The first-order chi connectivity index (χ1) is 15.9. The molecule has 0 unspecified atom stereocenters. The van der Waals surface area contributed by atoms with Crippen LogP contribution in [0.5, 0.6) is 11.5 Å². The zero-order chi connectivity index (χ0) is 23.5. The second kappa shape index (κ2) is 9.72. The summed E-state index contributed by atoms with van der Waals surface area (Å²) < 4.78 is 16.8. The largest absolute Gasteiger partial charge is 0.493 e. The van der Waals surface area contributed by atoms with Crippen molar-refractivity contribution in [2.75, 3.05) is 26.1 Å². The van der Waals surface area contributed by atoms with Crippen molar-refractivity contribution in [2.24, 2.45) is 0 Å². The van der Waals surface area contributed by atoms with Gasteiger partial charge in [0.25, 0.3) is 5.91 Å². The minimum Gasteiger partial charge on any atom is -0.493 e. The smallest absolute Gasteiger partial charge is 0.255 e. The van der Waals surface area contributed by atoms with Gasteiger partial charge >= 0.3 is 0 Å². The van der Waals surface area contributed by atoms with Gasteiger partial charge in [0, 0.05) is 37.0 Å². The highest BCUT2D eigenvalue weighted by molar-refractivity contribution is 6.32. The number of carbonyl (C=O) groups excluding carboxylic acids is 1. The first-order valence-corrected chi connectivity index (χ1v) is 11.1. The van der Waals surface area contributed by atoms with Crippen molar-refractivity contribution in [3.63, 3.8) is 0 Å². The van der Waals surface area contributed by atoms with E-state index in [0.717, 1.165) is 11.3 Å². The molecule has 2 atom stereocenters. The predicted molar refractivity (Wildman–Crippen MR) is 128 cm³/mol. The molecule has 1 amide bonds. The zero-order valence-electron chi connectivity index (χ0n) is 19.0. The number of aromatic amines is 1. The molecule has 0 bridgehead atoms. The third-order valence-corrected chi connectivity index (χ3v) is 5.85. The summed E-state index contributed by atoms with van der Waals surface area (Å²) in [6.45, 7) is 4.26. The average molecular weight is 471 g/mol. The fraction of sp³-hybridized carbons (Fsp3) is 0.333. The van der Waals surface area contributed by atoms with Crippen LogP contribution in [0.2, 0.25) is 5.02 Å². The van der Waals surface area contributed by atoms with Gasteiger partial charge in [-0.25, -0.2) is 0 Å². The van der Waals surface area contributed by atoms with Crippen molar-refractivity contribution >= 4 is 28.9 Å². The Balaban J connectivity index is 1.85. The van der Waals surface area contributed by atoms with E-state index in [9.17, 15) is 4.79 Å². The highest BCUT2D eigenvalue weighted by atomic mass is 35.5. The Hall–Kier alpha value is -3.23.